The first-order valence-corrected chi connectivity index (χ1v) is 3.91. The Balaban J connectivity index is 2.35. The van der Waals surface area contributed by atoms with Gasteiger partial charge in [-0.25, -0.2) is 4.79 Å². The Kier molecular flexibility index (Phi) is 2.88. The molecule has 1 amide bonds. The van der Waals surface area contributed by atoms with E-state index in [1.807, 2.05) is 7.05 Å². The van der Waals surface area contributed by atoms with Crippen LogP contribution < -0.4 is 0 Å². The molecule has 1 aliphatic rings. The Morgan fingerprint density at radius 1 is 1.83 bits per heavy atom. The third kappa shape index (κ3) is 2.09. The monoisotopic (exact) mass is 174 g/mol. The maximum atomic E-state index is 10.5. The minimum Gasteiger partial charge on any atom is -0.465 e. The van der Waals surface area contributed by atoms with Gasteiger partial charge in [0.15, 0.2) is 0 Å². The molecule has 0 radical (unpaired) electrons. The van der Waals surface area contributed by atoms with Crippen LogP contribution in [0.5, 0.6) is 0 Å². The third-order valence-electron chi connectivity index (χ3n) is 2.07. The van der Waals surface area contributed by atoms with Crippen LogP contribution in [-0.4, -0.2) is 54.5 Å². The molecule has 0 aromatic heterocycles. The molecule has 0 aromatic carbocycles. The molecule has 1 heterocycles. The van der Waals surface area contributed by atoms with Gasteiger partial charge in [-0.15, -0.1) is 0 Å². The van der Waals surface area contributed by atoms with Crippen molar-refractivity contribution in [3.05, 3.63) is 0 Å². The zero-order valence-electron chi connectivity index (χ0n) is 7.36. The lowest BCUT2D eigenvalue weighted by Crippen LogP contribution is -2.38. The molecule has 0 saturated carbocycles. The molecule has 1 atom stereocenters. The molecule has 0 spiro atoms. The molecule has 1 rings (SSSR count). The molecule has 1 aliphatic heterocycles. The minimum absolute atomic E-state index is 0.200. The van der Waals surface area contributed by atoms with E-state index < -0.39 is 6.09 Å². The summed E-state index contributed by atoms with van der Waals surface area (Å²) in [6.07, 6.45) is 0.00370. The van der Waals surface area contributed by atoms with E-state index in [0.29, 0.717) is 13.2 Å². The number of nitrogens with zero attached hydrogens (tertiary/aromatic N) is 2. The van der Waals surface area contributed by atoms with Crippen molar-refractivity contribution in [2.45, 2.75) is 12.5 Å². The van der Waals surface area contributed by atoms with Crippen molar-refractivity contribution in [2.75, 3.05) is 27.2 Å². The number of amides is 1. The lowest BCUT2D eigenvalue weighted by molar-refractivity contribution is -0.111. The zero-order valence-corrected chi connectivity index (χ0v) is 7.36. The van der Waals surface area contributed by atoms with E-state index in [0.717, 1.165) is 6.42 Å². The number of carbonyl (C=O) groups is 1. The van der Waals surface area contributed by atoms with Crippen LogP contribution in [-0.2, 0) is 4.84 Å². The fourth-order valence-electron chi connectivity index (χ4n) is 1.22. The van der Waals surface area contributed by atoms with E-state index in [1.165, 1.54) is 4.90 Å². The minimum atomic E-state index is -0.893. The number of hydrogen-bond donors (Lipinski definition) is 1. The van der Waals surface area contributed by atoms with Gasteiger partial charge >= 0.3 is 6.09 Å². The van der Waals surface area contributed by atoms with Gasteiger partial charge in [-0.3, -0.25) is 4.84 Å². The molecule has 0 aromatic rings. The standard InChI is InChI=1S/C7H14N2O3/c1-8(7(10)11)5-6-3-4-12-9(6)2/h6H,3-5H2,1-2H3,(H,10,11). The molecule has 12 heavy (non-hydrogen) atoms. The summed E-state index contributed by atoms with van der Waals surface area (Å²) in [6, 6.07) is 0.200. The summed E-state index contributed by atoms with van der Waals surface area (Å²) in [6.45, 7) is 1.19. The number of hydroxylamine groups is 2. The molecular weight excluding hydrogens is 160 g/mol. The predicted molar refractivity (Wildman–Crippen MR) is 42.8 cm³/mol. The van der Waals surface area contributed by atoms with Gasteiger partial charge in [0.05, 0.1) is 12.6 Å². The second-order valence-electron chi connectivity index (χ2n) is 2.99. The van der Waals surface area contributed by atoms with Crippen LogP contribution in [0.15, 0.2) is 0 Å². The number of hydrogen-bond acceptors (Lipinski definition) is 3. The highest BCUT2D eigenvalue weighted by atomic mass is 16.7. The first-order valence-electron chi connectivity index (χ1n) is 3.91. The highest BCUT2D eigenvalue weighted by Gasteiger charge is 2.24. The van der Waals surface area contributed by atoms with Crippen molar-refractivity contribution >= 4 is 6.09 Å². The van der Waals surface area contributed by atoms with Crippen LogP contribution in [0.25, 0.3) is 0 Å². The molecule has 5 nitrogen and oxygen atoms in total. The van der Waals surface area contributed by atoms with E-state index in [-0.39, 0.29) is 6.04 Å². The molecular formula is C7H14N2O3. The van der Waals surface area contributed by atoms with Gasteiger partial charge in [0.2, 0.25) is 0 Å². The summed E-state index contributed by atoms with van der Waals surface area (Å²) >= 11 is 0. The summed E-state index contributed by atoms with van der Waals surface area (Å²) in [5.74, 6) is 0. The largest absolute Gasteiger partial charge is 0.465 e. The Labute approximate surface area is 71.5 Å². The molecule has 1 fully saturated rings. The van der Waals surface area contributed by atoms with Crippen molar-refractivity contribution < 1.29 is 14.7 Å². The van der Waals surface area contributed by atoms with Crippen molar-refractivity contribution in [2.24, 2.45) is 0 Å². The Morgan fingerprint density at radius 3 is 2.92 bits per heavy atom. The van der Waals surface area contributed by atoms with Crippen molar-refractivity contribution in [3.8, 4) is 0 Å². The smallest absolute Gasteiger partial charge is 0.407 e. The average Bonchev–Trinajstić information content (AvgIpc) is 2.36. The zero-order chi connectivity index (χ0) is 9.14. The molecule has 1 unspecified atom stereocenters. The first-order chi connectivity index (χ1) is 5.61. The van der Waals surface area contributed by atoms with Crippen molar-refractivity contribution in [3.63, 3.8) is 0 Å². The molecule has 1 saturated heterocycles. The SMILES string of the molecule is CN(CC1CCON1C)C(=O)O. The molecule has 5 heteroatoms. The van der Waals surface area contributed by atoms with Gasteiger partial charge in [0.1, 0.15) is 0 Å². The Hall–Kier alpha value is -0.810. The Morgan fingerprint density at radius 2 is 2.50 bits per heavy atom. The number of rotatable bonds is 2. The van der Waals surface area contributed by atoms with Crippen LogP contribution in [0.4, 0.5) is 4.79 Å². The highest BCUT2D eigenvalue weighted by molar-refractivity contribution is 5.64. The van der Waals surface area contributed by atoms with Gasteiger partial charge in [-0.2, -0.15) is 5.06 Å². The maximum Gasteiger partial charge on any atom is 0.407 e. The van der Waals surface area contributed by atoms with Gasteiger partial charge in [-0.1, -0.05) is 0 Å². The van der Waals surface area contributed by atoms with Crippen LogP contribution in [0, 0.1) is 0 Å². The predicted octanol–water partition coefficient (Wildman–Crippen LogP) is 0.232. The highest BCUT2D eigenvalue weighted by Crippen LogP contribution is 2.12. The second kappa shape index (κ2) is 3.73. The van der Waals surface area contributed by atoms with Crippen molar-refractivity contribution in [1.82, 2.24) is 9.96 Å². The molecule has 0 bridgehead atoms. The molecule has 0 aliphatic carbocycles. The van der Waals surface area contributed by atoms with Gasteiger partial charge in [0.25, 0.3) is 0 Å². The van der Waals surface area contributed by atoms with Crippen LogP contribution in [0.3, 0.4) is 0 Å². The average molecular weight is 174 g/mol. The number of likely N-dealkylation sites (N-methyl/N-ethyl adjacent to an activating group) is 2. The normalized spacial score (nSPS) is 24.3. The fourth-order valence-corrected chi connectivity index (χ4v) is 1.22. The summed E-state index contributed by atoms with van der Waals surface area (Å²) in [4.78, 5) is 16.9. The summed E-state index contributed by atoms with van der Waals surface area (Å²) in [5, 5.41) is 10.3. The summed E-state index contributed by atoms with van der Waals surface area (Å²) < 4.78 is 0. The first kappa shape index (κ1) is 9.28. The van der Waals surface area contributed by atoms with Gasteiger partial charge in [0, 0.05) is 20.6 Å². The van der Waals surface area contributed by atoms with E-state index in [1.54, 1.807) is 12.1 Å². The van der Waals surface area contributed by atoms with Crippen LogP contribution in [0.2, 0.25) is 0 Å². The second-order valence-corrected chi connectivity index (χ2v) is 2.99. The van der Waals surface area contributed by atoms with Crippen LogP contribution in [0.1, 0.15) is 6.42 Å². The number of carboxylic acid groups (broad SMARTS) is 1. The quantitative estimate of drug-likeness (QED) is 0.651. The van der Waals surface area contributed by atoms with Crippen molar-refractivity contribution in [1.29, 1.82) is 0 Å². The molecule has 70 valence electrons. The van der Waals surface area contributed by atoms with Gasteiger partial charge in [-0.05, 0) is 6.42 Å². The topological polar surface area (TPSA) is 53.0 Å². The third-order valence-corrected chi connectivity index (χ3v) is 2.07. The van der Waals surface area contributed by atoms with E-state index >= 15 is 0 Å². The Bertz CT molecular complexity index is 174. The lowest BCUT2D eigenvalue weighted by atomic mass is 10.2. The lowest BCUT2D eigenvalue weighted by Gasteiger charge is -2.21. The van der Waals surface area contributed by atoms with Crippen LogP contribution >= 0.6 is 0 Å². The molecule has 1 N–H and O–H groups in total. The summed E-state index contributed by atoms with van der Waals surface area (Å²) in [7, 11) is 3.39. The maximum absolute atomic E-state index is 10.5. The summed E-state index contributed by atoms with van der Waals surface area (Å²) in [5.41, 5.74) is 0. The van der Waals surface area contributed by atoms with E-state index in [9.17, 15) is 4.79 Å². The van der Waals surface area contributed by atoms with E-state index in [4.69, 9.17) is 9.94 Å². The van der Waals surface area contributed by atoms with E-state index in [2.05, 4.69) is 0 Å². The fraction of sp³-hybridized carbons (Fsp3) is 0.857. The van der Waals surface area contributed by atoms with Gasteiger partial charge < -0.3 is 10.0 Å².